The minimum absolute atomic E-state index is 0.0717. The molecule has 0 amide bonds. The molecule has 0 spiro atoms. The molecule has 0 heterocycles. The lowest BCUT2D eigenvalue weighted by Gasteiger charge is -2.15. The lowest BCUT2D eigenvalue weighted by molar-refractivity contribution is -0.161. The van der Waals surface area contributed by atoms with Crippen LogP contribution in [0.4, 0.5) is 0 Å². The fraction of sp³-hybridized carbons (Fsp3) is 0.714. The second kappa shape index (κ2) is 58.1. The molecule has 0 aromatic heterocycles. The first-order valence-corrected chi connectivity index (χ1v) is 28.8. The Morgan fingerprint density at radius 3 is 0.971 bits per heavy atom. The number of aliphatic hydroxyl groups is 1. The molecule has 0 saturated heterocycles. The SMILES string of the molecule is CC/C=C\C/C=C\C/C=C\C/C=C\C/C=C\C/C=C\C/C=C\CCCCCCCCCCCC(=O)OC(CO)COC(=O)CCCCCCCCCCCCC/C=C\CCCCCCCCCC. The summed E-state index contributed by atoms with van der Waals surface area (Å²) in [5.74, 6) is -0.596. The number of hydrogen-bond acceptors (Lipinski definition) is 5. The van der Waals surface area contributed by atoms with Gasteiger partial charge < -0.3 is 14.6 Å². The first kappa shape index (κ1) is 64.8. The van der Waals surface area contributed by atoms with E-state index in [4.69, 9.17) is 9.47 Å². The summed E-state index contributed by atoms with van der Waals surface area (Å²) >= 11 is 0. The van der Waals surface area contributed by atoms with Gasteiger partial charge in [-0.1, -0.05) is 259 Å². The highest BCUT2D eigenvalue weighted by Gasteiger charge is 2.16. The molecule has 0 fully saturated rings. The van der Waals surface area contributed by atoms with E-state index in [2.05, 4.69) is 111 Å². The first-order valence-electron chi connectivity index (χ1n) is 28.8. The van der Waals surface area contributed by atoms with E-state index in [9.17, 15) is 14.7 Å². The number of carbonyl (C=O) groups is 2. The number of hydrogen-bond donors (Lipinski definition) is 1. The highest BCUT2D eigenvalue weighted by atomic mass is 16.6. The summed E-state index contributed by atoms with van der Waals surface area (Å²) in [7, 11) is 0. The predicted molar refractivity (Wildman–Crippen MR) is 297 cm³/mol. The van der Waals surface area contributed by atoms with Crippen molar-refractivity contribution in [3.8, 4) is 0 Å². The zero-order valence-corrected chi connectivity index (χ0v) is 44.6. The van der Waals surface area contributed by atoms with Crippen LogP contribution >= 0.6 is 0 Å². The van der Waals surface area contributed by atoms with Crippen LogP contribution in [0.2, 0.25) is 0 Å². The minimum atomic E-state index is -0.782. The second-order valence-electron chi connectivity index (χ2n) is 19.0. The number of aliphatic hydroxyl groups excluding tert-OH is 1. The second-order valence-corrected chi connectivity index (χ2v) is 19.0. The van der Waals surface area contributed by atoms with Gasteiger partial charge in [0.15, 0.2) is 6.10 Å². The Labute approximate surface area is 421 Å². The van der Waals surface area contributed by atoms with Crippen molar-refractivity contribution in [2.24, 2.45) is 0 Å². The maximum atomic E-state index is 12.3. The summed E-state index contributed by atoms with van der Waals surface area (Å²) in [6.07, 6.45) is 82.3. The van der Waals surface area contributed by atoms with E-state index in [1.807, 2.05) is 0 Å². The van der Waals surface area contributed by atoms with Crippen LogP contribution in [0.5, 0.6) is 0 Å². The third-order valence-electron chi connectivity index (χ3n) is 12.4. The van der Waals surface area contributed by atoms with Gasteiger partial charge in [-0.3, -0.25) is 9.59 Å². The Morgan fingerprint density at radius 2 is 0.632 bits per heavy atom. The van der Waals surface area contributed by atoms with Gasteiger partial charge in [-0.25, -0.2) is 0 Å². The van der Waals surface area contributed by atoms with E-state index in [-0.39, 0.29) is 25.2 Å². The molecule has 0 aliphatic rings. The van der Waals surface area contributed by atoms with E-state index in [1.165, 1.54) is 154 Å². The van der Waals surface area contributed by atoms with Gasteiger partial charge in [0.05, 0.1) is 6.61 Å². The van der Waals surface area contributed by atoms with Crippen LogP contribution in [0.1, 0.15) is 271 Å². The topological polar surface area (TPSA) is 72.8 Å². The molecular weight excluding hydrogens is 837 g/mol. The number of ether oxygens (including phenoxy) is 2. The first-order chi connectivity index (χ1) is 33.6. The van der Waals surface area contributed by atoms with Crippen molar-refractivity contribution in [1.29, 1.82) is 0 Å². The molecule has 0 saturated carbocycles. The smallest absolute Gasteiger partial charge is 0.306 e. The monoisotopic (exact) mass is 945 g/mol. The van der Waals surface area contributed by atoms with Gasteiger partial charge in [-0.05, 0) is 96.3 Å². The zero-order chi connectivity index (χ0) is 49.2. The van der Waals surface area contributed by atoms with Crippen LogP contribution in [0, 0.1) is 0 Å². The Balaban J connectivity index is 3.54. The third kappa shape index (κ3) is 55.4. The minimum Gasteiger partial charge on any atom is -0.462 e. The van der Waals surface area contributed by atoms with Crippen LogP contribution in [-0.2, 0) is 19.1 Å². The number of allylic oxidation sites excluding steroid dienone is 16. The standard InChI is InChI=1S/C63H108O5/c1-3-5-7-9-11-13-15-17-19-21-23-25-27-28-29-30-31-32-33-34-36-38-40-42-44-46-48-50-52-54-56-58-63(66)68-61(59-64)60-67-62(65)57-55-53-51-49-47-45-43-41-39-37-35-26-24-22-20-18-16-14-12-10-8-6-4-2/h5,7,11,13,17,19,22-25,28-29,31-32,34,36,61,64H,3-4,6,8-10,12,14-16,18,20-21,26-27,30,33,35,37-60H2,1-2H3/b7-5-,13-11-,19-17-,24-22-,25-23-,29-28-,32-31-,36-34-. The van der Waals surface area contributed by atoms with Crippen molar-refractivity contribution in [2.75, 3.05) is 13.2 Å². The van der Waals surface area contributed by atoms with Gasteiger partial charge in [0.2, 0.25) is 0 Å². The predicted octanol–water partition coefficient (Wildman–Crippen LogP) is 19.5. The molecule has 0 radical (unpaired) electrons. The molecule has 68 heavy (non-hydrogen) atoms. The van der Waals surface area contributed by atoms with Crippen LogP contribution in [0.25, 0.3) is 0 Å². The number of esters is 2. The number of unbranched alkanes of at least 4 members (excludes halogenated alkanes) is 28. The van der Waals surface area contributed by atoms with Gasteiger partial charge in [-0.2, -0.15) is 0 Å². The molecule has 390 valence electrons. The molecule has 0 rings (SSSR count). The van der Waals surface area contributed by atoms with E-state index in [0.29, 0.717) is 12.8 Å². The van der Waals surface area contributed by atoms with Gasteiger partial charge in [0.1, 0.15) is 6.61 Å². The highest BCUT2D eigenvalue weighted by molar-refractivity contribution is 5.70. The molecule has 1 atom stereocenters. The highest BCUT2D eigenvalue weighted by Crippen LogP contribution is 2.15. The summed E-state index contributed by atoms with van der Waals surface area (Å²) in [5, 5.41) is 9.66. The van der Waals surface area contributed by atoms with Crippen molar-refractivity contribution in [3.63, 3.8) is 0 Å². The normalized spacial score (nSPS) is 12.9. The Hall–Kier alpha value is -3.18. The molecule has 1 N–H and O–H groups in total. The van der Waals surface area contributed by atoms with Crippen LogP contribution in [0.3, 0.4) is 0 Å². The average molecular weight is 946 g/mol. The zero-order valence-electron chi connectivity index (χ0n) is 44.6. The average Bonchev–Trinajstić information content (AvgIpc) is 3.34. The van der Waals surface area contributed by atoms with E-state index in [1.54, 1.807) is 0 Å². The van der Waals surface area contributed by atoms with E-state index >= 15 is 0 Å². The third-order valence-corrected chi connectivity index (χ3v) is 12.4. The lowest BCUT2D eigenvalue weighted by atomic mass is 10.0. The molecule has 5 nitrogen and oxygen atoms in total. The Kier molecular flexibility index (Phi) is 55.4. The van der Waals surface area contributed by atoms with Crippen LogP contribution in [-0.4, -0.2) is 36.4 Å². The summed E-state index contributed by atoms with van der Waals surface area (Å²) in [5.41, 5.74) is 0. The van der Waals surface area contributed by atoms with Gasteiger partial charge in [0.25, 0.3) is 0 Å². The van der Waals surface area contributed by atoms with Gasteiger partial charge >= 0.3 is 11.9 Å². The molecule has 0 bridgehead atoms. The molecule has 5 heteroatoms. The largest absolute Gasteiger partial charge is 0.462 e. The van der Waals surface area contributed by atoms with Crippen molar-refractivity contribution in [3.05, 3.63) is 97.2 Å². The molecule has 0 aromatic carbocycles. The summed E-state index contributed by atoms with van der Waals surface area (Å²) < 4.78 is 10.7. The molecule has 1 unspecified atom stereocenters. The summed E-state index contributed by atoms with van der Waals surface area (Å²) in [6, 6.07) is 0. The molecular formula is C63H108O5. The van der Waals surface area contributed by atoms with Crippen molar-refractivity contribution < 1.29 is 24.2 Å². The fourth-order valence-corrected chi connectivity index (χ4v) is 8.06. The Bertz CT molecular complexity index is 1300. The van der Waals surface area contributed by atoms with Crippen molar-refractivity contribution in [2.45, 2.75) is 277 Å². The van der Waals surface area contributed by atoms with Crippen molar-refractivity contribution >= 4 is 11.9 Å². The quantitative estimate of drug-likeness (QED) is 0.0374. The Morgan fingerprint density at radius 1 is 0.353 bits per heavy atom. The van der Waals surface area contributed by atoms with Crippen molar-refractivity contribution in [1.82, 2.24) is 0 Å². The van der Waals surface area contributed by atoms with Gasteiger partial charge in [-0.15, -0.1) is 0 Å². The summed E-state index contributed by atoms with van der Waals surface area (Å²) in [6.45, 7) is 4.04. The fourth-order valence-electron chi connectivity index (χ4n) is 8.06. The maximum Gasteiger partial charge on any atom is 0.306 e. The summed E-state index contributed by atoms with van der Waals surface area (Å²) in [4.78, 5) is 24.5. The number of rotatable bonds is 52. The van der Waals surface area contributed by atoms with Crippen LogP contribution in [0.15, 0.2) is 97.2 Å². The lowest BCUT2D eigenvalue weighted by Crippen LogP contribution is -2.28. The maximum absolute atomic E-state index is 12.3. The van der Waals surface area contributed by atoms with Gasteiger partial charge in [0, 0.05) is 12.8 Å². The molecule has 0 aromatic rings. The molecule has 0 aliphatic carbocycles. The van der Waals surface area contributed by atoms with E-state index in [0.717, 1.165) is 89.9 Å². The number of carbonyl (C=O) groups excluding carboxylic acids is 2. The molecule has 0 aliphatic heterocycles. The van der Waals surface area contributed by atoms with Crippen LogP contribution < -0.4 is 0 Å². The van der Waals surface area contributed by atoms with E-state index < -0.39 is 6.10 Å².